The fraction of sp³-hybridized carbons (Fsp3) is 0.333. The zero-order chi connectivity index (χ0) is 8.55. The number of aliphatic hydroxyl groups is 1. The highest BCUT2D eigenvalue weighted by Crippen LogP contribution is 2.29. The normalized spacial score (nSPS) is 21.2. The average molecular weight is 166 g/mol. The molecule has 0 bridgehead atoms. The van der Waals surface area contributed by atoms with Gasteiger partial charge in [0.05, 0.1) is 0 Å². The van der Waals surface area contributed by atoms with Crippen LogP contribution in [0.15, 0.2) is 18.2 Å². The molecule has 1 aliphatic rings. The lowest BCUT2D eigenvalue weighted by molar-refractivity contribution is -0.0317. The minimum Gasteiger partial charge on any atom is -0.508 e. The van der Waals surface area contributed by atoms with E-state index in [1.807, 2.05) is 6.07 Å². The number of fused-ring (bicyclic) bond motifs is 1. The Morgan fingerprint density at radius 1 is 1.42 bits per heavy atom. The van der Waals surface area contributed by atoms with Gasteiger partial charge in [0.25, 0.3) is 0 Å². The quantitative estimate of drug-likeness (QED) is 0.605. The first-order chi connectivity index (χ1) is 5.75. The summed E-state index contributed by atoms with van der Waals surface area (Å²) >= 11 is 0. The molecule has 0 amide bonds. The third-order valence-corrected chi connectivity index (χ3v) is 1.97. The van der Waals surface area contributed by atoms with E-state index in [0.717, 1.165) is 12.0 Å². The van der Waals surface area contributed by atoms with Crippen LogP contribution in [0.3, 0.4) is 0 Å². The number of rotatable bonds is 0. The van der Waals surface area contributed by atoms with Gasteiger partial charge in [0.2, 0.25) is 0 Å². The molecule has 0 spiro atoms. The maximum Gasteiger partial charge on any atom is 0.197 e. The first-order valence-electron chi connectivity index (χ1n) is 3.92. The second-order valence-electron chi connectivity index (χ2n) is 2.90. The van der Waals surface area contributed by atoms with Gasteiger partial charge in [-0.25, -0.2) is 0 Å². The van der Waals surface area contributed by atoms with Gasteiger partial charge in [0.1, 0.15) is 11.5 Å². The largest absolute Gasteiger partial charge is 0.508 e. The molecule has 1 unspecified atom stereocenters. The van der Waals surface area contributed by atoms with Gasteiger partial charge in [-0.3, -0.25) is 0 Å². The number of phenolic OH excluding ortho intramolecular Hbond substituents is 1. The van der Waals surface area contributed by atoms with E-state index in [1.54, 1.807) is 6.07 Å². The van der Waals surface area contributed by atoms with Crippen LogP contribution in [0.4, 0.5) is 0 Å². The minimum absolute atomic E-state index is 0.169. The second-order valence-corrected chi connectivity index (χ2v) is 2.90. The van der Waals surface area contributed by atoms with Crippen molar-refractivity contribution in [1.29, 1.82) is 0 Å². The molecular weight excluding hydrogens is 156 g/mol. The standard InChI is InChI=1S/C9H10O3/c10-7-3-1-6-2-4-9(11)12-8(6)5-7/h1,3,5,9-11H,2,4H2. The molecule has 64 valence electrons. The van der Waals surface area contributed by atoms with Gasteiger partial charge >= 0.3 is 0 Å². The number of aryl methyl sites for hydroxylation is 1. The molecule has 12 heavy (non-hydrogen) atoms. The molecule has 1 heterocycles. The summed E-state index contributed by atoms with van der Waals surface area (Å²) < 4.78 is 5.11. The summed E-state index contributed by atoms with van der Waals surface area (Å²) in [6.07, 6.45) is 0.702. The van der Waals surface area contributed by atoms with Crippen LogP contribution in [0.25, 0.3) is 0 Å². The van der Waals surface area contributed by atoms with Gasteiger partial charge < -0.3 is 14.9 Å². The summed E-state index contributed by atoms with van der Waals surface area (Å²) in [6, 6.07) is 4.97. The van der Waals surface area contributed by atoms with Crippen molar-refractivity contribution in [2.45, 2.75) is 19.1 Å². The van der Waals surface area contributed by atoms with Crippen molar-refractivity contribution < 1.29 is 14.9 Å². The van der Waals surface area contributed by atoms with Crippen molar-refractivity contribution in [1.82, 2.24) is 0 Å². The number of aromatic hydroxyl groups is 1. The number of ether oxygens (including phenoxy) is 1. The van der Waals surface area contributed by atoms with Crippen LogP contribution < -0.4 is 4.74 Å². The highest BCUT2D eigenvalue weighted by molar-refractivity contribution is 5.41. The van der Waals surface area contributed by atoms with Crippen molar-refractivity contribution in [2.75, 3.05) is 0 Å². The summed E-state index contributed by atoms with van der Waals surface area (Å²) in [7, 11) is 0. The number of benzene rings is 1. The highest BCUT2D eigenvalue weighted by Gasteiger charge is 2.16. The molecular formula is C9H10O3. The molecule has 0 saturated heterocycles. The van der Waals surface area contributed by atoms with E-state index in [9.17, 15) is 0 Å². The van der Waals surface area contributed by atoms with Crippen LogP contribution in [0.5, 0.6) is 11.5 Å². The maximum absolute atomic E-state index is 9.14. The van der Waals surface area contributed by atoms with Crippen LogP contribution in [0.2, 0.25) is 0 Å². The molecule has 2 N–H and O–H groups in total. The molecule has 2 rings (SSSR count). The molecule has 0 saturated carbocycles. The molecule has 1 atom stereocenters. The van der Waals surface area contributed by atoms with Crippen LogP contribution in [0.1, 0.15) is 12.0 Å². The van der Waals surface area contributed by atoms with Gasteiger partial charge in [-0.15, -0.1) is 0 Å². The Balaban J connectivity index is 2.37. The van der Waals surface area contributed by atoms with E-state index in [2.05, 4.69) is 0 Å². The van der Waals surface area contributed by atoms with E-state index in [1.165, 1.54) is 6.07 Å². The molecule has 3 nitrogen and oxygen atoms in total. The van der Waals surface area contributed by atoms with Crippen LogP contribution in [-0.2, 0) is 6.42 Å². The first kappa shape index (κ1) is 7.43. The van der Waals surface area contributed by atoms with Crippen molar-refractivity contribution in [2.24, 2.45) is 0 Å². The molecule has 1 aromatic rings. The Morgan fingerprint density at radius 2 is 2.25 bits per heavy atom. The lowest BCUT2D eigenvalue weighted by Crippen LogP contribution is -2.21. The Kier molecular flexibility index (Phi) is 1.66. The van der Waals surface area contributed by atoms with Gasteiger partial charge in [0.15, 0.2) is 6.29 Å². The molecule has 0 radical (unpaired) electrons. The second kappa shape index (κ2) is 2.68. The summed E-state index contributed by atoms with van der Waals surface area (Å²) in [5.41, 5.74) is 1.04. The Morgan fingerprint density at radius 3 is 3.08 bits per heavy atom. The van der Waals surface area contributed by atoms with Crippen LogP contribution >= 0.6 is 0 Å². The average Bonchev–Trinajstić information content (AvgIpc) is 2.03. The summed E-state index contributed by atoms with van der Waals surface area (Å²) in [6.45, 7) is 0. The fourth-order valence-corrected chi connectivity index (χ4v) is 1.34. The van der Waals surface area contributed by atoms with E-state index in [4.69, 9.17) is 14.9 Å². The smallest absolute Gasteiger partial charge is 0.197 e. The number of aliphatic hydroxyl groups excluding tert-OH is 1. The van der Waals surface area contributed by atoms with E-state index in [0.29, 0.717) is 12.2 Å². The maximum atomic E-state index is 9.14. The summed E-state index contributed by atoms with van der Waals surface area (Å²) in [5.74, 6) is 0.761. The third kappa shape index (κ3) is 1.23. The SMILES string of the molecule is Oc1ccc2c(c1)OC(O)CC2. The number of hydrogen-bond acceptors (Lipinski definition) is 3. The van der Waals surface area contributed by atoms with Gasteiger partial charge in [0, 0.05) is 12.5 Å². The zero-order valence-corrected chi connectivity index (χ0v) is 6.53. The van der Waals surface area contributed by atoms with Crippen molar-refractivity contribution in [3.05, 3.63) is 23.8 Å². The van der Waals surface area contributed by atoms with E-state index < -0.39 is 6.29 Å². The van der Waals surface area contributed by atoms with Gasteiger partial charge in [-0.2, -0.15) is 0 Å². The fourth-order valence-electron chi connectivity index (χ4n) is 1.34. The Hall–Kier alpha value is -1.22. The van der Waals surface area contributed by atoms with Crippen LogP contribution in [-0.4, -0.2) is 16.5 Å². The topological polar surface area (TPSA) is 49.7 Å². The van der Waals surface area contributed by atoms with Gasteiger partial charge in [-0.05, 0) is 18.1 Å². The third-order valence-electron chi connectivity index (χ3n) is 1.97. The monoisotopic (exact) mass is 166 g/mol. The Bertz CT molecular complexity index is 296. The summed E-state index contributed by atoms with van der Waals surface area (Å²) in [5, 5.41) is 18.3. The van der Waals surface area contributed by atoms with Crippen molar-refractivity contribution >= 4 is 0 Å². The van der Waals surface area contributed by atoms with E-state index in [-0.39, 0.29) is 5.75 Å². The Labute approximate surface area is 70.2 Å². The minimum atomic E-state index is -0.723. The number of hydrogen-bond donors (Lipinski definition) is 2. The molecule has 1 aliphatic heterocycles. The molecule has 0 aliphatic carbocycles. The van der Waals surface area contributed by atoms with E-state index >= 15 is 0 Å². The predicted octanol–water partition coefficient (Wildman–Crippen LogP) is 1.04. The van der Waals surface area contributed by atoms with Crippen LogP contribution in [0, 0.1) is 0 Å². The predicted molar refractivity (Wildman–Crippen MR) is 43.1 cm³/mol. The van der Waals surface area contributed by atoms with Crippen molar-refractivity contribution in [3.63, 3.8) is 0 Å². The molecule has 3 heteroatoms. The first-order valence-corrected chi connectivity index (χ1v) is 3.92. The zero-order valence-electron chi connectivity index (χ0n) is 6.53. The summed E-state index contributed by atoms with van der Waals surface area (Å²) in [4.78, 5) is 0. The molecule has 0 aromatic heterocycles. The molecule has 0 fully saturated rings. The number of phenols is 1. The van der Waals surface area contributed by atoms with Gasteiger partial charge in [-0.1, -0.05) is 6.07 Å². The highest BCUT2D eigenvalue weighted by atomic mass is 16.6. The lowest BCUT2D eigenvalue weighted by Gasteiger charge is -2.21. The lowest BCUT2D eigenvalue weighted by atomic mass is 10.1. The molecule has 1 aromatic carbocycles. The van der Waals surface area contributed by atoms with Crippen molar-refractivity contribution in [3.8, 4) is 11.5 Å².